The molecule has 0 aromatic rings. The summed E-state index contributed by atoms with van der Waals surface area (Å²) < 4.78 is 0. The Morgan fingerprint density at radius 3 is 2.40 bits per heavy atom. The van der Waals surface area contributed by atoms with E-state index in [1.165, 1.54) is 25.0 Å². The van der Waals surface area contributed by atoms with Gasteiger partial charge in [-0.15, -0.1) is 0 Å². The van der Waals surface area contributed by atoms with Gasteiger partial charge in [-0.1, -0.05) is 19.8 Å². The summed E-state index contributed by atoms with van der Waals surface area (Å²) in [6, 6.07) is -0.0269. The van der Waals surface area contributed by atoms with Crippen molar-refractivity contribution < 1.29 is 4.79 Å². The van der Waals surface area contributed by atoms with Crippen molar-refractivity contribution in [2.45, 2.75) is 39.0 Å². The minimum Gasteiger partial charge on any atom is -0.338 e. The number of hydrogen-bond acceptors (Lipinski definition) is 2. The average Bonchev–Trinajstić information content (AvgIpc) is 2.25. The van der Waals surface area contributed by atoms with Gasteiger partial charge in [0.1, 0.15) is 0 Å². The van der Waals surface area contributed by atoms with E-state index >= 15 is 0 Å². The SMILES string of the molecule is CCCNC(=O)NCCCCCCSC. The second-order valence-electron chi connectivity index (χ2n) is 3.59. The highest BCUT2D eigenvalue weighted by atomic mass is 32.2. The summed E-state index contributed by atoms with van der Waals surface area (Å²) in [7, 11) is 0. The van der Waals surface area contributed by atoms with Crippen molar-refractivity contribution in [3.8, 4) is 0 Å². The second-order valence-corrected chi connectivity index (χ2v) is 4.58. The van der Waals surface area contributed by atoms with Crippen LogP contribution in [0.2, 0.25) is 0 Å². The summed E-state index contributed by atoms with van der Waals surface area (Å²) in [5, 5.41) is 5.64. The summed E-state index contributed by atoms with van der Waals surface area (Å²) in [6.07, 6.45) is 8.01. The maximum atomic E-state index is 11.1. The third kappa shape index (κ3) is 11.5. The zero-order chi connectivity index (χ0) is 11.4. The summed E-state index contributed by atoms with van der Waals surface area (Å²) in [6.45, 7) is 3.61. The molecule has 0 radical (unpaired) electrons. The molecule has 3 nitrogen and oxygen atoms in total. The molecular formula is C11H24N2OS. The van der Waals surface area contributed by atoms with Crippen LogP contribution in [0.15, 0.2) is 0 Å². The molecule has 0 saturated heterocycles. The van der Waals surface area contributed by atoms with Crippen molar-refractivity contribution >= 4 is 17.8 Å². The lowest BCUT2D eigenvalue weighted by molar-refractivity contribution is 0.240. The van der Waals surface area contributed by atoms with Gasteiger partial charge in [0.15, 0.2) is 0 Å². The number of unbranched alkanes of at least 4 members (excludes halogenated alkanes) is 3. The lowest BCUT2D eigenvalue weighted by atomic mass is 10.2. The van der Waals surface area contributed by atoms with Gasteiger partial charge in [-0.05, 0) is 31.3 Å². The average molecular weight is 232 g/mol. The van der Waals surface area contributed by atoms with Gasteiger partial charge in [-0.2, -0.15) is 11.8 Å². The summed E-state index contributed by atoms with van der Waals surface area (Å²) >= 11 is 1.90. The fourth-order valence-electron chi connectivity index (χ4n) is 1.23. The van der Waals surface area contributed by atoms with Crippen LogP contribution < -0.4 is 10.6 Å². The van der Waals surface area contributed by atoms with Crippen molar-refractivity contribution in [1.29, 1.82) is 0 Å². The highest BCUT2D eigenvalue weighted by Gasteiger charge is 1.96. The minimum absolute atomic E-state index is 0.0269. The van der Waals surface area contributed by atoms with Crippen LogP contribution in [-0.4, -0.2) is 31.1 Å². The van der Waals surface area contributed by atoms with E-state index in [4.69, 9.17) is 0 Å². The molecule has 90 valence electrons. The molecule has 0 saturated carbocycles. The van der Waals surface area contributed by atoms with Crippen LogP contribution in [-0.2, 0) is 0 Å². The third-order valence-electron chi connectivity index (χ3n) is 2.10. The van der Waals surface area contributed by atoms with E-state index in [0.717, 1.165) is 25.9 Å². The van der Waals surface area contributed by atoms with E-state index < -0.39 is 0 Å². The molecule has 0 unspecified atom stereocenters. The molecule has 0 heterocycles. The molecule has 0 aliphatic rings. The zero-order valence-electron chi connectivity index (χ0n) is 9.97. The van der Waals surface area contributed by atoms with E-state index in [9.17, 15) is 4.79 Å². The lowest BCUT2D eigenvalue weighted by Crippen LogP contribution is -2.36. The molecule has 2 N–H and O–H groups in total. The number of hydrogen-bond donors (Lipinski definition) is 2. The number of nitrogens with one attached hydrogen (secondary N) is 2. The van der Waals surface area contributed by atoms with Crippen LogP contribution in [0.3, 0.4) is 0 Å². The largest absolute Gasteiger partial charge is 0.338 e. The van der Waals surface area contributed by atoms with Gasteiger partial charge < -0.3 is 10.6 Å². The monoisotopic (exact) mass is 232 g/mol. The van der Waals surface area contributed by atoms with Gasteiger partial charge in [-0.3, -0.25) is 0 Å². The third-order valence-corrected chi connectivity index (χ3v) is 2.79. The first kappa shape index (κ1) is 14.6. The van der Waals surface area contributed by atoms with Crippen molar-refractivity contribution in [3.05, 3.63) is 0 Å². The summed E-state index contributed by atoms with van der Waals surface area (Å²) in [5.41, 5.74) is 0. The summed E-state index contributed by atoms with van der Waals surface area (Å²) in [4.78, 5) is 11.1. The predicted molar refractivity (Wildman–Crippen MR) is 68.5 cm³/mol. The van der Waals surface area contributed by atoms with Crippen LogP contribution in [0, 0.1) is 0 Å². The highest BCUT2D eigenvalue weighted by Crippen LogP contribution is 2.03. The molecule has 0 aliphatic heterocycles. The van der Waals surface area contributed by atoms with Gasteiger partial charge in [0.2, 0.25) is 0 Å². The van der Waals surface area contributed by atoms with E-state index in [1.807, 2.05) is 18.7 Å². The fourth-order valence-corrected chi connectivity index (χ4v) is 1.72. The van der Waals surface area contributed by atoms with Crippen LogP contribution in [0.5, 0.6) is 0 Å². The molecule has 4 heteroatoms. The minimum atomic E-state index is -0.0269. The van der Waals surface area contributed by atoms with E-state index in [1.54, 1.807) is 0 Å². The Morgan fingerprint density at radius 2 is 1.73 bits per heavy atom. The molecule has 15 heavy (non-hydrogen) atoms. The molecule has 0 aliphatic carbocycles. The number of carbonyl (C=O) groups excluding carboxylic acids is 1. The van der Waals surface area contributed by atoms with Crippen LogP contribution in [0.25, 0.3) is 0 Å². The van der Waals surface area contributed by atoms with E-state index in [-0.39, 0.29) is 6.03 Å². The van der Waals surface area contributed by atoms with E-state index in [0.29, 0.717) is 0 Å². The number of thioether (sulfide) groups is 1. The lowest BCUT2D eigenvalue weighted by Gasteiger charge is -2.06. The van der Waals surface area contributed by atoms with Crippen molar-refractivity contribution in [2.75, 3.05) is 25.1 Å². The molecule has 0 bridgehead atoms. The number of rotatable bonds is 9. The molecule has 2 amide bonds. The molecule has 0 spiro atoms. The van der Waals surface area contributed by atoms with Gasteiger partial charge in [0.25, 0.3) is 0 Å². The Kier molecular flexibility index (Phi) is 11.4. The Labute approximate surface area is 97.8 Å². The Morgan fingerprint density at radius 1 is 1.07 bits per heavy atom. The van der Waals surface area contributed by atoms with Gasteiger partial charge in [0.05, 0.1) is 0 Å². The van der Waals surface area contributed by atoms with Gasteiger partial charge in [-0.25, -0.2) is 4.79 Å². The van der Waals surface area contributed by atoms with Gasteiger partial charge in [0, 0.05) is 13.1 Å². The maximum absolute atomic E-state index is 11.1. The quantitative estimate of drug-likeness (QED) is 0.600. The predicted octanol–water partition coefficient (Wildman–Crippen LogP) is 2.62. The fraction of sp³-hybridized carbons (Fsp3) is 0.909. The van der Waals surface area contributed by atoms with Crippen LogP contribution >= 0.6 is 11.8 Å². The normalized spacial score (nSPS) is 10.0. The zero-order valence-corrected chi connectivity index (χ0v) is 10.8. The molecule has 0 rings (SSSR count). The highest BCUT2D eigenvalue weighted by molar-refractivity contribution is 7.98. The van der Waals surface area contributed by atoms with E-state index in [2.05, 4.69) is 16.9 Å². The first-order valence-corrected chi connectivity index (χ1v) is 7.21. The number of carbonyl (C=O) groups is 1. The van der Waals surface area contributed by atoms with Crippen LogP contribution in [0.4, 0.5) is 4.79 Å². The number of urea groups is 1. The van der Waals surface area contributed by atoms with Crippen molar-refractivity contribution in [1.82, 2.24) is 10.6 Å². The number of amides is 2. The Bertz CT molecular complexity index is 154. The Hall–Kier alpha value is -0.380. The first-order chi connectivity index (χ1) is 7.31. The van der Waals surface area contributed by atoms with Gasteiger partial charge >= 0.3 is 6.03 Å². The summed E-state index contributed by atoms with van der Waals surface area (Å²) in [5.74, 6) is 1.25. The van der Waals surface area contributed by atoms with Crippen LogP contribution in [0.1, 0.15) is 39.0 Å². The molecule has 0 aromatic carbocycles. The standard InChI is InChI=1S/C11H24N2OS/c1-3-8-12-11(14)13-9-6-4-5-7-10-15-2/h3-10H2,1-2H3,(H2,12,13,14). The topological polar surface area (TPSA) is 41.1 Å². The molecule has 0 atom stereocenters. The smallest absolute Gasteiger partial charge is 0.314 e. The Balaban J connectivity index is 3.06. The van der Waals surface area contributed by atoms with Crippen molar-refractivity contribution in [2.24, 2.45) is 0 Å². The molecule has 0 aromatic heterocycles. The molecule has 0 fully saturated rings. The maximum Gasteiger partial charge on any atom is 0.314 e. The first-order valence-electron chi connectivity index (χ1n) is 5.82. The van der Waals surface area contributed by atoms with Crippen molar-refractivity contribution in [3.63, 3.8) is 0 Å². The second kappa shape index (κ2) is 11.7. The molecular weight excluding hydrogens is 208 g/mol.